The Morgan fingerprint density at radius 3 is 2.56 bits per heavy atom. The number of carbonyl (C=O) groups excluding carboxylic acids is 1. The van der Waals surface area contributed by atoms with E-state index in [1.807, 2.05) is 17.8 Å². The van der Waals surface area contributed by atoms with Gasteiger partial charge in [-0.1, -0.05) is 0 Å². The first-order chi connectivity index (χ1) is 12.0. The first-order valence-corrected chi connectivity index (χ1v) is 7.58. The molecule has 0 radical (unpaired) electrons. The van der Waals surface area contributed by atoms with Crippen LogP contribution in [0.2, 0.25) is 0 Å². The van der Waals surface area contributed by atoms with E-state index >= 15 is 0 Å². The third-order valence-electron chi connectivity index (χ3n) is 3.63. The van der Waals surface area contributed by atoms with E-state index in [1.54, 1.807) is 17.1 Å². The van der Waals surface area contributed by atoms with Gasteiger partial charge in [0.15, 0.2) is 0 Å². The lowest BCUT2D eigenvalue weighted by atomic mass is 10.2. The van der Waals surface area contributed by atoms with E-state index in [9.17, 15) is 9.59 Å². The molecule has 1 amide bonds. The van der Waals surface area contributed by atoms with E-state index in [1.165, 1.54) is 17.9 Å². The molecule has 0 atom stereocenters. The van der Waals surface area contributed by atoms with Crippen molar-refractivity contribution in [3.8, 4) is 0 Å². The highest BCUT2D eigenvalue weighted by molar-refractivity contribution is 6.09. The van der Waals surface area contributed by atoms with Crippen LogP contribution in [0.3, 0.4) is 0 Å². The van der Waals surface area contributed by atoms with Crippen LogP contribution in [0.4, 0.5) is 5.69 Å². The van der Waals surface area contributed by atoms with Crippen LogP contribution in [-0.2, 0) is 20.1 Å². The molecule has 0 aliphatic heterocycles. The molecule has 10 heteroatoms. The number of aryl methyl sites for hydroxylation is 2. The molecule has 0 unspecified atom stereocenters. The maximum Gasteiger partial charge on any atom is 0.339 e. The summed E-state index contributed by atoms with van der Waals surface area (Å²) in [5.41, 5.74) is 1.27. The third-order valence-corrected chi connectivity index (χ3v) is 3.63. The van der Waals surface area contributed by atoms with Gasteiger partial charge in [0.25, 0.3) is 5.91 Å². The molecule has 0 aliphatic rings. The topological polar surface area (TPSA) is 120 Å². The van der Waals surface area contributed by atoms with Crippen LogP contribution in [0.1, 0.15) is 33.3 Å². The van der Waals surface area contributed by atoms with Crippen molar-refractivity contribution in [1.82, 2.24) is 29.3 Å². The Balaban J connectivity index is 1.72. The molecular weight excluding hydrogens is 326 g/mol. The average molecular weight is 343 g/mol. The number of hydrogen-bond donors (Lipinski definition) is 2. The van der Waals surface area contributed by atoms with Crippen molar-refractivity contribution in [2.45, 2.75) is 20.0 Å². The highest BCUT2D eigenvalue weighted by Crippen LogP contribution is 2.13. The van der Waals surface area contributed by atoms with Crippen LogP contribution < -0.4 is 5.32 Å². The Bertz CT molecular complexity index is 921. The molecule has 0 saturated heterocycles. The van der Waals surface area contributed by atoms with Crippen LogP contribution in [0.25, 0.3) is 0 Å². The van der Waals surface area contributed by atoms with E-state index in [-0.39, 0.29) is 11.3 Å². The van der Waals surface area contributed by atoms with Crippen molar-refractivity contribution >= 4 is 17.6 Å². The predicted octanol–water partition coefficient (Wildman–Crippen LogP) is 0.832. The predicted molar refractivity (Wildman–Crippen MR) is 87.4 cm³/mol. The number of anilines is 1. The van der Waals surface area contributed by atoms with Crippen LogP contribution in [-0.4, -0.2) is 46.3 Å². The molecule has 0 saturated carbocycles. The second-order valence-corrected chi connectivity index (χ2v) is 5.42. The fourth-order valence-corrected chi connectivity index (χ4v) is 2.42. The Morgan fingerprint density at radius 2 is 1.88 bits per heavy atom. The maximum atomic E-state index is 12.3. The molecular formula is C15H17N7O3. The zero-order chi connectivity index (χ0) is 18.0. The SMILES string of the molecule is CCn1cc(Cn2cc(NC(=O)c3c(C(=O)O)cnn3C)cn2)cn1. The molecule has 0 fully saturated rings. The highest BCUT2D eigenvalue weighted by Gasteiger charge is 2.22. The summed E-state index contributed by atoms with van der Waals surface area (Å²) in [5, 5.41) is 24.0. The summed E-state index contributed by atoms with van der Waals surface area (Å²) in [4.78, 5) is 23.5. The quantitative estimate of drug-likeness (QED) is 0.684. The van der Waals surface area contributed by atoms with E-state index in [0.29, 0.717) is 12.2 Å². The van der Waals surface area contributed by atoms with E-state index in [2.05, 4.69) is 20.6 Å². The summed E-state index contributed by atoms with van der Waals surface area (Å²) in [6.45, 7) is 3.31. The fourth-order valence-electron chi connectivity index (χ4n) is 2.42. The molecule has 0 spiro atoms. The molecule has 0 bridgehead atoms. The molecule has 3 heterocycles. The van der Waals surface area contributed by atoms with Gasteiger partial charge in [0, 0.05) is 31.5 Å². The van der Waals surface area contributed by atoms with Crippen LogP contribution in [0.15, 0.2) is 31.0 Å². The number of rotatable bonds is 6. The largest absolute Gasteiger partial charge is 0.478 e. The molecule has 130 valence electrons. The minimum Gasteiger partial charge on any atom is -0.478 e. The molecule has 25 heavy (non-hydrogen) atoms. The molecule has 3 rings (SSSR count). The number of carbonyl (C=O) groups is 2. The molecule has 0 aliphatic carbocycles. The molecule has 0 aromatic carbocycles. The third kappa shape index (κ3) is 3.42. The van der Waals surface area contributed by atoms with Crippen LogP contribution >= 0.6 is 0 Å². The van der Waals surface area contributed by atoms with Gasteiger partial charge in [-0.25, -0.2) is 4.79 Å². The number of hydrogen-bond acceptors (Lipinski definition) is 5. The maximum absolute atomic E-state index is 12.3. The van der Waals surface area contributed by atoms with Crippen molar-refractivity contribution in [1.29, 1.82) is 0 Å². The van der Waals surface area contributed by atoms with Gasteiger partial charge in [0.2, 0.25) is 0 Å². The minimum absolute atomic E-state index is 0.0236. The minimum atomic E-state index is -1.21. The number of nitrogens with one attached hydrogen (secondary N) is 1. The normalized spacial score (nSPS) is 10.8. The Hall–Kier alpha value is -3.43. The van der Waals surface area contributed by atoms with E-state index in [0.717, 1.165) is 18.3 Å². The van der Waals surface area contributed by atoms with Gasteiger partial charge in [0.05, 0.1) is 30.8 Å². The molecule has 2 N–H and O–H groups in total. The van der Waals surface area contributed by atoms with Crippen molar-refractivity contribution < 1.29 is 14.7 Å². The van der Waals surface area contributed by atoms with Gasteiger partial charge in [-0.15, -0.1) is 0 Å². The zero-order valence-electron chi connectivity index (χ0n) is 13.7. The van der Waals surface area contributed by atoms with Gasteiger partial charge in [0.1, 0.15) is 11.3 Å². The Morgan fingerprint density at radius 1 is 1.12 bits per heavy atom. The second kappa shape index (κ2) is 6.59. The second-order valence-electron chi connectivity index (χ2n) is 5.42. The lowest BCUT2D eigenvalue weighted by Gasteiger charge is -2.04. The fraction of sp³-hybridized carbons (Fsp3) is 0.267. The van der Waals surface area contributed by atoms with Crippen molar-refractivity contribution in [3.63, 3.8) is 0 Å². The molecule has 10 nitrogen and oxygen atoms in total. The van der Waals surface area contributed by atoms with Crippen molar-refractivity contribution in [2.75, 3.05) is 5.32 Å². The van der Waals surface area contributed by atoms with Gasteiger partial charge < -0.3 is 10.4 Å². The summed E-state index contributed by atoms with van der Waals surface area (Å²) < 4.78 is 4.70. The van der Waals surface area contributed by atoms with Gasteiger partial charge >= 0.3 is 5.97 Å². The van der Waals surface area contributed by atoms with E-state index in [4.69, 9.17) is 5.11 Å². The summed E-state index contributed by atoms with van der Waals surface area (Å²) in [7, 11) is 1.51. The molecule has 3 aromatic rings. The van der Waals surface area contributed by atoms with Crippen LogP contribution in [0.5, 0.6) is 0 Å². The summed E-state index contributed by atoms with van der Waals surface area (Å²) in [5.74, 6) is -1.77. The van der Waals surface area contributed by atoms with Crippen LogP contribution in [0, 0.1) is 0 Å². The smallest absolute Gasteiger partial charge is 0.339 e. The highest BCUT2D eigenvalue weighted by atomic mass is 16.4. The first-order valence-electron chi connectivity index (χ1n) is 7.58. The zero-order valence-corrected chi connectivity index (χ0v) is 13.7. The number of amides is 1. The Labute approximate surface area is 142 Å². The molecule has 3 aromatic heterocycles. The lowest BCUT2D eigenvalue weighted by molar-refractivity contribution is 0.0692. The standard InChI is InChI=1S/C15H17N7O3/c1-3-21-7-10(4-17-21)8-22-9-11(5-18-22)19-14(23)13-12(15(24)25)6-16-20(13)2/h4-7,9H,3,8H2,1-2H3,(H,19,23)(H,24,25). The number of aromatic nitrogens is 6. The first kappa shape index (κ1) is 16.4. The monoisotopic (exact) mass is 343 g/mol. The summed E-state index contributed by atoms with van der Waals surface area (Å²) in [6, 6.07) is 0. The number of carboxylic acids is 1. The van der Waals surface area contributed by atoms with E-state index < -0.39 is 11.9 Å². The number of aromatic carboxylic acids is 1. The van der Waals surface area contributed by atoms with Crippen molar-refractivity contribution in [3.05, 3.63) is 47.8 Å². The van der Waals surface area contributed by atoms with Gasteiger partial charge in [-0.3, -0.25) is 18.8 Å². The summed E-state index contributed by atoms with van der Waals surface area (Å²) in [6.07, 6.45) is 8.00. The summed E-state index contributed by atoms with van der Waals surface area (Å²) >= 11 is 0. The number of nitrogens with zero attached hydrogens (tertiary/aromatic N) is 6. The van der Waals surface area contributed by atoms with Crippen molar-refractivity contribution in [2.24, 2.45) is 7.05 Å². The van der Waals surface area contributed by atoms with Gasteiger partial charge in [-0.2, -0.15) is 15.3 Å². The average Bonchev–Trinajstić information content (AvgIpc) is 3.28. The van der Waals surface area contributed by atoms with Gasteiger partial charge in [-0.05, 0) is 6.92 Å². The Kier molecular flexibility index (Phi) is 4.33. The number of carboxylic acid groups (broad SMARTS) is 1. The lowest BCUT2D eigenvalue weighted by Crippen LogP contribution is -2.19.